The van der Waals surface area contributed by atoms with Crippen molar-refractivity contribution in [3.05, 3.63) is 60.8 Å². The van der Waals surface area contributed by atoms with Gasteiger partial charge in [0.25, 0.3) is 0 Å². The molecule has 0 aliphatic heterocycles. The van der Waals surface area contributed by atoms with Gasteiger partial charge in [-0.25, -0.2) is 0 Å². The minimum atomic E-state index is -0.788. The van der Waals surface area contributed by atoms with E-state index in [-0.39, 0.29) is 31.1 Å². The van der Waals surface area contributed by atoms with Crippen molar-refractivity contribution in [2.75, 3.05) is 13.2 Å². The molecule has 412 valence electrons. The molecule has 6 heteroatoms. The average Bonchev–Trinajstić information content (AvgIpc) is 3.37. The van der Waals surface area contributed by atoms with Crippen LogP contribution < -0.4 is 0 Å². The highest BCUT2D eigenvalue weighted by Gasteiger charge is 2.19. The van der Waals surface area contributed by atoms with E-state index in [9.17, 15) is 14.4 Å². The molecule has 0 aliphatic rings. The maximum atomic E-state index is 12.9. The molecule has 0 spiro atoms. The first-order chi connectivity index (χ1) is 35.0. The van der Waals surface area contributed by atoms with Crippen LogP contribution >= 0.6 is 0 Å². The highest BCUT2D eigenvalue weighted by molar-refractivity contribution is 5.71. The number of carbonyl (C=O) groups excluding carboxylic acids is 3. The number of hydrogen-bond acceptors (Lipinski definition) is 6. The van der Waals surface area contributed by atoms with Gasteiger partial charge < -0.3 is 14.2 Å². The summed E-state index contributed by atoms with van der Waals surface area (Å²) < 4.78 is 16.9. The van der Waals surface area contributed by atoms with E-state index in [4.69, 9.17) is 14.2 Å². The van der Waals surface area contributed by atoms with Crippen LogP contribution in [0.2, 0.25) is 0 Å². The smallest absolute Gasteiger partial charge is 0.306 e. The summed E-state index contributed by atoms with van der Waals surface area (Å²) in [5, 5.41) is 0. The minimum absolute atomic E-state index is 0.0836. The third-order valence-electron chi connectivity index (χ3n) is 13.5. The number of carbonyl (C=O) groups is 3. The second-order valence-corrected chi connectivity index (χ2v) is 20.6. The molecule has 0 saturated heterocycles. The summed E-state index contributed by atoms with van der Waals surface area (Å²) in [6.07, 6.45) is 75.0. The SMILES string of the molecule is CCCCC/C=C\C/C=C\CCCCCCCC(=O)OCC(COC(=O)CCCCCCCCCCCCC/C=C\CCCCCCCCCC)OC(=O)CCCCCCC/C=C\C/C=C\CCCCC. The van der Waals surface area contributed by atoms with E-state index in [2.05, 4.69) is 81.5 Å². The van der Waals surface area contributed by atoms with Crippen molar-refractivity contribution in [2.24, 2.45) is 0 Å². The zero-order valence-electron chi connectivity index (χ0n) is 47.2. The van der Waals surface area contributed by atoms with Gasteiger partial charge in [0.05, 0.1) is 0 Å². The van der Waals surface area contributed by atoms with Gasteiger partial charge >= 0.3 is 17.9 Å². The first-order valence-electron chi connectivity index (χ1n) is 30.8. The van der Waals surface area contributed by atoms with Crippen LogP contribution in [0.3, 0.4) is 0 Å². The van der Waals surface area contributed by atoms with E-state index < -0.39 is 6.10 Å². The second kappa shape index (κ2) is 59.7. The van der Waals surface area contributed by atoms with Crippen LogP contribution in [-0.4, -0.2) is 37.2 Å². The van der Waals surface area contributed by atoms with Crippen molar-refractivity contribution in [1.29, 1.82) is 0 Å². The number of rotatable bonds is 56. The van der Waals surface area contributed by atoms with Crippen molar-refractivity contribution < 1.29 is 28.6 Å². The summed E-state index contributed by atoms with van der Waals surface area (Å²) in [6, 6.07) is 0. The highest BCUT2D eigenvalue weighted by atomic mass is 16.6. The largest absolute Gasteiger partial charge is 0.462 e. The second-order valence-electron chi connectivity index (χ2n) is 20.6. The lowest BCUT2D eigenvalue weighted by atomic mass is 10.0. The van der Waals surface area contributed by atoms with E-state index in [1.807, 2.05) is 0 Å². The monoisotopic (exact) mass is 993 g/mol. The van der Waals surface area contributed by atoms with E-state index in [1.54, 1.807) is 0 Å². The molecule has 0 N–H and O–H groups in total. The average molecular weight is 994 g/mol. The lowest BCUT2D eigenvalue weighted by Gasteiger charge is -2.18. The Morgan fingerprint density at radius 2 is 0.507 bits per heavy atom. The Kier molecular flexibility index (Phi) is 57.2. The highest BCUT2D eigenvalue weighted by Crippen LogP contribution is 2.16. The van der Waals surface area contributed by atoms with Gasteiger partial charge in [0.15, 0.2) is 6.10 Å². The predicted octanol–water partition coefficient (Wildman–Crippen LogP) is 20.8. The van der Waals surface area contributed by atoms with Crippen LogP contribution in [0, 0.1) is 0 Å². The van der Waals surface area contributed by atoms with Crippen molar-refractivity contribution in [2.45, 2.75) is 322 Å². The van der Waals surface area contributed by atoms with Gasteiger partial charge in [0.1, 0.15) is 13.2 Å². The predicted molar refractivity (Wildman–Crippen MR) is 307 cm³/mol. The van der Waals surface area contributed by atoms with Crippen LogP contribution in [-0.2, 0) is 28.6 Å². The standard InChI is InChI=1S/C65H116O6/c1-4-7-10-13-16-19-22-25-28-29-30-31-32-33-34-35-38-40-43-46-49-52-55-58-64(67)70-61-62(71-65(68)59-56-53-50-47-44-41-37-27-24-21-18-15-12-9-6-3)60-69-63(66)57-54-51-48-45-42-39-36-26-23-20-17-14-11-8-5-2/h17-18,20-21,26-27,29-30,36-37,62H,4-16,19,22-25,28,31-35,38-61H2,1-3H3/b20-17-,21-18-,30-29-,36-26-,37-27-. The third kappa shape index (κ3) is 57.9. The van der Waals surface area contributed by atoms with Gasteiger partial charge in [0, 0.05) is 19.3 Å². The molecule has 0 rings (SSSR count). The number of allylic oxidation sites excluding steroid dienone is 10. The Hall–Kier alpha value is -2.89. The fraction of sp³-hybridized carbons (Fsp3) is 0.800. The Bertz CT molecular complexity index is 1280. The van der Waals surface area contributed by atoms with Crippen LogP contribution in [0.1, 0.15) is 316 Å². The first-order valence-corrected chi connectivity index (χ1v) is 30.8. The molecule has 0 fully saturated rings. The van der Waals surface area contributed by atoms with Crippen LogP contribution in [0.25, 0.3) is 0 Å². The molecule has 6 nitrogen and oxygen atoms in total. The zero-order chi connectivity index (χ0) is 51.4. The van der Waals surface area contributed by atoms with Gasteiger partial charge in [-0.1, -0.05) is 248 Å². The van der Waals surface area contributed by atoms with E-state index in [0.717, 1.165) is 103 Å². The molecule has 0 aromatic carbocycles. The lowest BCUT2D eigenvalue weighted by molar-refractivity contribution is -0.167. The topological polar surface area (TPSA) is 78.9 Å². The fourth-order valence-corrected chi connectivity index (χ4v) is 8.79. The van der Waals surface area contributed by atoms with E-state index >= 15 is 0 Å². The molecule has 0 saturated carbocycles. The summed E-state index contributed by atoms with van der Waals surface area (Å²) in [6.45, 7) is 6.60. The first kappa shape index (κ1) is 68.1. The molecule has 71 heavy (non-hydrogen) atoms. The molecule has 1 unspecified atom stereocenters. The van der Waals surface area contributed by atoms with Crippen LogP contribution in [0.5, 0.6) is 0 Å². The van der Waals surface area contributed by atoms with E-state index in [0.29, 0.717) is 19.3 Å². The molecule has 0 heterocycles. The molecule has 0 aliphatic carbocycles. The number of unbranched alkanes of at least 4 members (excludes halogenated alkanes) is 35. The van der Waals surface area contributed by atoms with Crippen molar-refractivity contribution in [1.82, 2.24) is 0 Å². The summed E-state index contributed by atoms with van der Waals surface area (Å²) >= 11 is 0. The maximum Gasteiger partial charge on any atom is 0.306 e. The Labute approximate surface area is 440 Å². The van der Waals surface area contributed by atoms with Crippen molar-refractivity contribution in [3.63, 3.8) is 0 Å². The molecule has 1 atom stereocenters. The van der Waals surface area contributed by atoms with Gasteiger partial charge in [-0.05, 0) is 109 Å². The summed E-state index contributed by atoms with van der Waals surface area (Å²) in [5.74, 6) is -0.900. The summed E-state index contributed by atoms with van der Waals surface area (Å²) in [4.78, 5) is 38.2. The fourth-order valence-electron chi connectivity index (χ4n) is 8.79. The van der Waals surface area contributed by atoms with Gasteiger partial charge in [0.2, 0.25) is 0 Å². The van der Waals surface area contributed by atoms with Crippen LogP contribution in [0.4, 0.5) is 0 Å². The normalized spacial score (nSPS) is 12.4. The van der Waals surface area contributed by atoms with Gasteiger partial charge in [-0.15, -0.1) is 0 Å². The number of ether oxygens (including phenoxy) is 3. The number of hydrogen-bond donors (Lipinski definition) is 0. The zero-order valence-corrected chi connectivity index (χ0v) is 47.2. The lowest BCUT2D eigenvalue weighted by Crippen LogP contribution is -2.30. The minimum Gasteiger partial charge on any atom is -0.462 e. The molecular weight excluding hydrogens is 877 g/mol. The van der Waals surface area contributed by atoms with Gasteiger partial charge in [-0.3, -0.25) is 14.4 Å². The Morgan fingerprint density at radius 1 is 0.282 bits per heavy atom. The molecule has 0 bridgehead atoms. The quantitative estimate of drug-likeness (QED) is 0.0261. The third-order valence-corrected chi connectivity index (χ3v) is 13.5. The van der Waals surface area contributed by atoms with E-state index in [1.165, 1.54) is 173 Å². The molecule has 0 aromatic heterocycles. The molecule has 0 radical (unpaired) electrons. The maximum absolute atomic E-state index is 12.9. The summed E-state index contributed by atoms with van der Waals surface area (Å²) in [5.41, 5.74) is 0. The van der Waals surface area contributed by atoms with Crippen molar-refractivity contribution >= 4 is 17.9 Å². The number of esters is 3. The Morgan fingerprint density at radius 3 is 0.817 bits per heavy atom. The molecule has 0 amide bonds. The molecule has 0 aromatic rings. The van der Waals surface area contributed by atoms with Crippen LogP contribution in [0.15, 0.2) is 60.8 Å². The summed E-state index contributed by atoms with van der Waals surface area (Å²) in [7, 11) is 0. The molecular formula is C65H116O6. The van der Waals surface area contributed by atoms with Crippen molar-refractivity contribution in [3.8, 4) is 0 Å². The Balaban J connectivity index is 4.33. The van der Waals surface area contributed by atoms with Gasteiger partial charge in [-0.2, -0.15) is 0 Å².